The van der Waals surface area contributed by atoms with E-state index in [1.807, 2.05) is 5.38 Å². The maximum absolute atomic E-state index is 10.6. The molecule has 2 rings (SSSR count). The smallest absolute Gasteiger partial charge is 0.306 e. The predicted octanol–water partition coefficient (Wildman–Crippen LogP) is 2.28. The fourth-order valence-electron chi connectivity index (χ4n) is 1.34. The molecule has 1 atom stereocenters. The van der Waals surface area contributed by atoms with Crippen molar-refractivity contribution < 1.29 is 9.90 Å². The summed E-state index contributed by atoms with van der Waals surface area (Å²) < 4.78 is 0. The SMILES string of the molecule is CC(Cc1csc(C2CC2)n1)C(=O)O. The number of nitrogens with zero attached hydrogens (tertiary/aromatic N) is 1. The molecule has 1 fully saturated rings. The van der Waals surface area contributed by atoms with E-state index in [2.05, 4.69) is 4.98 Å². The molecule has 76 valence electrons. The summed E-state index contributed by atoms with van der Waals surface area (Å²) >= 11 is 1.67. The predicted molar refractivity (Wildman–Crippen MR) is 54.6 cm³/mol. The van der Waals surface area contributed by atoms with Crippen molar-refractivity contribution in [2.24, 2.45) is 5.92 Å². The zero-order chi connectivity index (χ0) is 10.1. The van der Waals surface area contributed by atoms with Crippen LogP contribution in [-0.2, 0) is 11.2 Å². The van der Waals surface area contributed by atoms with Gasteiger partial charge in [0.2, 0.25) is 0 Å². The van der Waals surface area contributed by atoms with Crippen LogP contribution in [0.1, 0.15) is 36.4 Å². The number of aliphatic carboxylic acids is 1. The minimum absolute atomic E-state index is 0.329. The van der Waals surface area contributed by atoms with Crippen LogP contribution in [-0.4, -0.2) is 16.1 Å². The van der Waals surface area contributed by atoms with Gasteiger partial charge >= 0.3 is 5.97 Å². The molecular weight excluding hydrogens is 198 g/mol. The molecule has 1 heterocycles. The highest BCUT2D eigenvalue weighted by Gasteiger charge is 2.26. The Labute approximate surface area is 86.8 Å². The van der Waals surface area contributed by atoms with Crippen molar-refractivity contribution in [2.45, 2.75) is 32.1 Å². The van der Waals surface area contributed by atoms with Crippen LogP contribution < -0.4 is 0 Å². The zero-order valence-corrected chi connectivity index (χ0v) is 8.88. The fraction of sp³-hybridized carbons (Fsp3) is 0.600. The molecule has 0 radical (unpaired) electrons. The average Bonchev–Trinajstić information content (AvgIpc) is 2.88. The maximum Gasteiger partial charge on any atom is 0.306 e. The Morgan fingerprint density at radius 3 is 3.07 bits per heavy atom. The molecule has 0 aromatic carbocycles. The number of carboxylic acids is 1. The second-order valence-corrected chi connectivity index (χ2v) is 4.78. The third kappa shape index (κ3) is 2.12. The van der Waals surface area contributed by atoms with Gasteiger partial charge < -0.3 is 5.11 Å². The standard InChI is InChI=1S/C10H13NO2S/c1-6(10(12)13)4-8-5-14-9(11-8)7-2-3-7/h5-7H,2-4H2,1H3,(H,12,13). The quantitative estimate of drug-likeness (QED) is 0.831. The molecule has 1 aliphatic carbocycles. The monoisotopic (exact) mass is 211 g/mol. The minimum atomic E-state index is -0.744. The van der Waals surface area contributed by atoms with Gasteiger partial charge in [-0.15, -0.1) is 11.3 Å². The number of thiazole rings is 1. The van der Waals surface area contributed by atoms with Crippen LogP contribution in [0.3, 0.4) is 0 Å². The highest BCUT2D eigenvalue weighted by Crippen LogP contribution is 2.41. The lowest BCUT2D eigenvalue weighted by molar-refractivity contribution is -0.141. The first-order valence-electron chi connectivity index (χ1n) is 4.84. The number of aromatic nitrogens is 1. The Bertz CT molecular complexity index is 344. The third-order valence-corrected chi connectivity index (χ3v) is 3.49. The van der Waals surface area contributed by atoms with E-state index in [4.69, 9.17) is 5.11 Å². The Morgan fingerprint density at radius 1 is 1.79 bits per heavy atom. The first kappa shape index (κ1) is 9.65. The van der Waals surface area contributed by atoms with Gasteiger partial charge in [-0.25, -0.2) is 4.98 Å². The molecule has 3 nitrogen and oxygen atoms in total. The third-order valence-electron chi connectivity index (χ3n) is 2.43. The Hall–Kier alpha value is -0.900. The zero-order valence-electron chi connectivity index (χ0n) is 8.06. The van der Waals surface area contributed by atoms with Crippen molar-refractivity contribution in [2.75, 3.05) is 0 Å². The van der Waals surface area contributed by atoms with Crippen LogP contribution in [0.25, 0.3) is 0 Å². The highest BCUT2D eigenvalue weighted by molar-refractivity contribution is 7.09. The van der Waals surface area contributed by atoms with Crippen LogP contribution in [0.5, 0.6) is 0 Å². The number of carbonyl (C=O) groups is 1. The average molecular weight is 211 g/mol. The molecule has 1 aliphatic rings. The van der Waals surface area contributed by atoms with Gasteiger partial charge in [0.15, 0.2) is 0 Å². The summed E-state index contributed by atoms with van der Waals surface area (Å²) in [5, 5.41) is 11.9. The van der Waals surface area contributed by atoms with Crippen LogP contribution >= 0.6 is 11.3 Å². The lowest BCUT2D eigenvalue weighted by atomic mass is 10.1. The van der Waals surface area contributed by atoms with Gasteiger partial charge in [0.1, 0.15) is 0 Å². The van der Waals surface area contributed by atoms with E-state index in [1.54, 1.807) is 18.3 Å². The van der Waals surface area contributed by atoms with Gasteiger partial charge in [0.05, 0.1) is 16.6 Å². The summed E-state index contributed by atoms with van der Waals surface area (Å²) in [6, 6.07) is 0. The summed E-state index contributed by atoms with van der Waals surface area (Å²) in [5.41, 5.74) is 0.937. The molecule has 0 spiro atoms. The summed E-state index contributed by atoms with van der Waals surface area (Å²) in [6.45, 7) is 1.72. The van der Waals surface area contributed by atoms with E-state index >= 15 is 0 Å². The first-order chi connectivity index (χ1) is 6.66. The van der Waals surface area contributed by atoms with E-state index in [1.165, 1.54) is 17.8 Å². The van der Waals surface area contributed by atoms with E-state index < -0.39 is 5.97 Å². The van der Waals surface area contributed by atoms with Crippen LogP contribution in [0.4, 0.5) is 0 Å². The van der Waals surface area contributed by atoms with Crippen LogP contribution in [0.2, 0.25) is 0 Å². The number of carboxylic acid groups (broad SMARTS) is 1. The minimum Gasteiger partial charge on any atom is -0.481 e. The fourth-order valence-corrected chi connectivity index (χ4v) is 2.34. The molecule has 1 saturated carbocycles. The van der Waals surface area contributed by atoms with Gasteiger partial charge in [-0.2, -0.15) is 0 Å². The van der Waals surface area contributed by atoms with E-state index in [0.29, 0.717) is 12.3 Å². The summed E-state index contributed by atoms with van der Waals surface area (Å²) in [6.07, 6.45) is 3.06. The van der Waals surface area contributed by atoms with Crippen molar-refractivity contribution in [1.82, 2.24) is 4.98 Å². The van der Waals surface area contributed by atoms with Crippen molar-refractivity contribution in [3.63, 3.8) is 0 Å². The second-order valence-electron chi connectivity index (χ2n) is 3.89. The van der Waals surface area contributed by atoms with Gasteiger partial charge in [-0.3, -0.25) is 4.79 Å². The Morgan fingerprint density at radius 2 is 2.50 bits per heavy atom. The molecule has 0 bridgehead atoms. The number of rotatable bonds is 4. The normalized spacial score (nSPS) is 18.1. The first-order valence-corrected chi connectivity index (χ1v) is 5.72. The molecule has 1 aromatic heterocycles. The van der Waals surface area contributed by atoms with Crippen molar-refractivity contribution in [1.29, 1.82) is 0 Å². The van der Waals surface area contributed by atoms with E-state index in [-0.39, 0.29) is 5.92 Å². The maximum atomic E-state index is 10.6. The molecule has 1 N–H and O–H groups in total. The van der Waals surface area contributed by atoms with Gasteiger partial charge in [-0.05, 0) is 12.8 Å². The van der Waals surface area contributed by atoms with Gasteiger partial charge in [-0.1, -0.05) is 6.92 Å². The molecule has 4 heteroatoms. The van der Waals surface area contributed by atoms with Crippen molar-refractivity contribution in [3.8, 4) is 0 Å². The van der Waals surface area contributed by atoms with E-state index in [9.17, 15) is 4.79 Å². The highest BCUT2D eigenvalue weighted by atomic mass is 32.1. The molecular formula is C10H13NO2S. The molecule has 0 amide bonds. The van der Waals surface area contributed by atoms with Crippen LogP contribution in [0.15, 0.2) is 5.38 Å². The largest absolute Gasteiger partial charge is 0.481 e. The van der Waals surface area contributed by atoms with E-state index in [0.717, 1.165) is 5.69 Å². The molecule has 0 aliphatic heterocycles. The lowest BCUT2D eigenvalue weighted by Crippen LogP contribution is -2.12. The second kappa shape index (κ2) is 3.69. The number of hydrogen-bond donors (Lipinski definition) is 1. The van der Waals surface area contributed by atoms with Crippen molar-refractivity contribution in [3.05, 3.63) is 16.1 Å². The molecule has 0 saturated heterocycles. The lowest BCUT2D eigenvalue weighted by Gasteiger charge is -2.01. The molecule has 1 aromatic rings. The summed E-state index contributed by atoms with van der Waals surface area (Å²) in [7, 11) is 0. The summed E-state index contributed by atoms with van der Waals surface area (Å²) in [5.74, 6) is -0.399. The Kier molecular flexibility index (Phi) is 2.54. The molecule has 1 unspecified atom stereocenters. The Balaban J connectivity index is 1.98. The summed E-state index contributed by atoms with van der Waals surface area (Å²) in [4.78, 5) is 15.1. The van der Waals surface area contributed by atoms with Crippen molar-refractivity contribution >= 4 is 17.3 Å². The van der Waals surface area contributed by atoms with Crippen LogP contribution in [0, 0.1) is 5.92 Å². The number of hydrogen-bond acceptors (Lipinski definition) is 3. The topological polar surface area (TPSA) is 50.2 Å². The van der Waals surface area contributed by atoms with Gasteiger partial charge in [0, 0.05) is 17.7 Å². The molecule has 14 heavy (non-hydrogen) atoms. The van der Waals surface area contributed by atoms with Gasteiger partial charge in [0.25, 0.3) is 0 Å².